The summed E-state index contributed by atoms with van der Waals surface area (Å²) in [5, 5.41) is 1.93. The maximum absolute atomic E-state index is 13.5. The van der Waals surface area contributed by atoms with Crippen LogP contribution in [0, 0.1) is 6.92 Å². The number of hydrogen-bond acceptors (Lipinski definition) is 6. The maximum atomic E-state index is 13.5. The van der Waals surface area contributed by atoms with E-state index < -0.39 is 10.0 Å². The molecule has 8 heteroatoms. The van der Waals surface area contributed by atoms with Crippen molar-refractivity contribution < 1.29 is 17.6 Å². The van der Waals surface area contributed by atoms with Crippen LogP contribution in [0.15, 0.2) is 81.6 Å². The highest BCUT2D eigenvalue weighted by atomic mass is 32.2. The van der Waals surface area contributed by atoms with Crippen molar-refractivity contribution >= 4 is 27.0 Å². The van der Waals surface area contributed by atoms with Crippen LogP contribution in [0.4, 0.5) is 5.69 Å². The molecule has 2 heterocycles. The lowest BCUT2D eigenvalue weighted by molar-refractivity contribution is 0.415. The van der Waals surface area contributed by atoms with E-state index in [2.05, 4.69) is 4.98 Å². The Hall–Kier alpha value is -3.10. The molecule has 0 fully saturated rings. The van der Waals surface area contributed by atoms with Crippen molar-refractivity contribution in [3.63, 3.8) is 0 Å². The van der Waals surface area contributed by atoms with Gasteiger partial charge in [0.1, 0.15) is 17.7 Å². The molecule has 6 nitrogen and oxygen atoms in total. The first-order chi connectivity index (χ1) is 14.5. The average molecular weight is 441 g/mol. The number of thiophene rings is 1. The Morgan fingerprint density at radius 2 is 1.80 bits per heavy atom. The number of hydrogen-bond donors (Lipinski definition) is 0. The topological polar surface area (TPSA) is 72.6 Å². The van der Waals surface area contributed by atoms with E-state index in [1.54, 1.807) is 68.8 Å². The number of aryl methyl sites for hydroxylation is 1. The molecule has 0 aliphatic heterocycles. The van der Waals surface area contributed by atoms with Gasteiger partial charge >= 0.3 is 0 Å². The molecule has 4 aromatic rings. The van der Waals surface area contributed by atoms with Crippen molar-refractivity contribution in [3.8, 4) is 17.0 Å². The fraction of sp³-hybridized carbons (Fsp3) is 0.136. The van der Waals surface area contributed by atoms with Crippen LogP contribution < -0.4 is 9.04 Å². The van der Waals surface area contributed by atoms with Crippen molar-refractivity contribution in [2.24, 2.45) is 0 Å². The van der Waals surface area contributed by atoms with Crippen LogP contribution in [0.3, 0.4) is 0 Å². The molecule has 0 N–H and O–H groups in total. The van der Waals surface area contributed by atoms with Crippen LogP contribution in [0.25, 0.3) is 11.3 Å². The Morgan fingerprint density at radius 1 is 1.07 bits per heavy atom. The summed E-state index contributed by atoms with van der Waals surface area (Å²) >= 11 is 1.52. The molecule has 154 valence electrons. The van der Waals surface area contributed by atoms with E-state index in [9.17, 15) is 8.42 Å². The van der Waals surface area contributed by atoms with Crippen molar-refractivity contribution in [2.75, 3.05) is 11.4 Å². The Kier molecular flexibility index (Phi) is 5.61. The van der Waals surface area contributed by atoms with E-state index >= 15 is 0 Å². The molecule has 2 aromatic heterocycles. The normalized spacial score (nSPS) is 11.4. The van der Waals surface area contributed by atoms with Crippen LogP contribution >= 0.6 is 11.3 Å². The molecule has 0 unspecified atom stereocenters. The summed E-state index contributed by atoms with van der Waals surface area (Å²) in [6.45, 7) is 2.01. The molecule has 0 aliphatic rings. The quantitative estimate of drug-likeness (QED) is 0.399. The van der Waals surface area contributed by atoms with Gasteiger partial charge in [-0.25, -0.2) is 13.4 Å². The summed E-state index contributed by atoms with van der Waals surface area (Å²) in [5.74, 6) is 1.22. The van der Waals surface area contributed by atoms with Gasteiger partial charge < -0.3 is 9.15 Å². The van der Waals surface area contributed by atoms with E-state index in [-0.39, 0.29) is 11.4 Å². The number of aromatic nitrogens is 1. The number of methoxy groups -OCH3 is 1. The number of anilines is 1. The minimum atomic E-state index is -3.79. The molecule has 0 bridgehead atoms. The molecule has 0 radical (unpaired) electrons. The Labute approximate surface area is 179 Å². The molecule has 2 aromatic carbocycles. The van der Waals surface area contributed by atoms with Crippen molar-refractivity contribution in [1.29, 1.82) is 0 Å². The average Bonchev–Trinajstić information content (AvgIpc) is 3.44. The zero-order chi connectivity index (χ0) is 21.1. The molecule has 0 saturated heterocycles. The number of benzene rings is 2. The molecule has 30 heavy (non-hydrogen) atoms. The molecular formula is C22H20N2O4S2. The third-order valence-electron chi connectivity index (χ3n) is 4.60. The van der Waals surface area contributed by atoms with Gasteiger partial charge in [0.2, 0.25) is 0 Å². The zero-order valence-electron chi connectivity index (χ0n) is 16.5. The largest absolute Gasteiger partial charge is 0.497 e. The Bertz CT molecular complexity index is 1210. The van der Waals surface area contributed by atoms with Crippen LogP contribution in [-0.4, -0.2) is 20.5 Å². The van der Waals surface area contributed by atoms with Crippen LogP contribution in [0.5, 0.6) is 5.75 Å². The molecule has 0 amide bonds. The van der Waals surface area contributed by atoms with E-state index in [1.807, 2.05) is 17.5 Å². The van der Waals surface area contributed by atoms with Gasteiger partial charge in [0.05, 0.1) is 24.2 Å². The lowest BCUT2D eigenvalue weighted by Crippen LogP contribution is -2.30. The third kappa shape index (κ3) is 4.10. The first kappa shape index (κ1) is 20.2. The van der Waals surface area contributed by atoms with Crippen molar-refractivity contribution in [1.82, 2.24) is 4.98 Å². The van der Waals surface area contributed by atoms with Crippen molar-refractivity contribution in [2.45, 2.75) is 18.4 Å². The van der Waals surface area contributed by atoms with Gasteiger partial charge in [0, 0.05) is 17.4 Å². The van der Waals surface area contributed by atoms with Gasteiger partial charge in [-0.1, -0.05) is 18.2 Å². The van der Waals surface area contributed by atoms with E-state index in [4.69, 9.17) is 9.15 Å². The molecule has 0 spiro atoms. The maximum Gasteiger partial charge on any atom is 0.264 e. The van der Waals surface area contributed by atoms with E-state index in [0.29, 0.717) is 23.0 Å². The van der Waals surface area contributed by atoms with Gasteiger partial charge in [0.15, 0.2) is 5.89 Å². The van der Waals surface area contributed by atoms with Crippen LogP contribution in [-0.2, 0) is 16.6 Å². The fourth-order valence-corrected chi connectivity index (χ4v) is 5.25. The van der Waals surface area contributed by atoms with Crippen molar-refractivity contribution in [3.05, 3.63) is 83.1 Å². The minimum Gasteiger partial charge on any atom is -0.497 e. The smallest absolute Gasteiger partial charge is 0.264 e. The first-order valence-electron chi connectivity index (χ1n) is 9.19. The molecule has 0 aliphatic carbocycles. The predicted octanol–water partition coefficient (Wildman–Crippen LogP) is 5.12. The van der Waals surface area contributed by atoms with Gasteiger partial charge in [-0.05, 0) is 47.8 Å². The third-order valence-corrected chi connectivity index (χ3v) is 7.25. The lowest BCUT2D eigenvalue weighted by Gasteiger charge is -2.24. The van der Waals surface area contributed by atoms with Gasteiger partial charge in [0.25, 0.3) is 10.0 Å². The molecule has 0 atom stereocenters. The molecular weight excluding hydrogens is 420 g/mol. The highest BCUT2D eigenvalue weighted by Gasteiger charge is 2.26. The van der Waals surface area contributed by atoms with Gasteiger partial charge in [-0.3, -0.25) is 4.31 Å². The standard InChI is InChI=1S/C22H20N2O4S2/c1-16-23-22(15-28-16)17-5-11-21(12-6-17)30(25,26)24(14-20-4-3-13-29-20)18-7-9-19(27-2)10-8-18/h3-13,15H,14H2,1-2H3. The van der Waals surface area contributed by atoms with E-state index in [0.717, 1.165) is 10.4 Å². The Balaban J connectivity index is 1.70. The number of sulfonamides is 1. The van der Waals surface area contributed by atoms with Gasteiger partial charge in [-0.15, -0.1) is 11.3 Å². The minimum absolute atomic E-state index is 0.207. The summed E-state index contributed by atoms with van der Waals surface area (Å²) in [6, 6.07) is 17.5. The molecule has 4 rings (SSSR count). The predicted molar refractivity (Wildman–Crippen MR) is 117 cm³/mol. The second-order valence-electron chi connectivity index (χ2n) is 6.57. The summed E-state index contributed by atoms with van der Waals surface area (Å²) in [6.07, 6.45) is 1.55. The van der Waals surface area contributed by atoms with Crippen LogP contribution in [0.2, 0.25) is 0 Å². The first-order valence-corrected chi connectivity index (χ1v) is 11.5. The lowest BCUT2D eigenvalue weighted by atomic mass is 10.2. The summed E-state index contributed by atoms with van der Waals surface area (Å²) in [7, 11) is -2.21. The second kappa shape index (κ2) is 8.33. The van der Waals surface area contributed by atoms with E-state index in [1.165, 1.54) is 15.6 Å². The highest BCUT2D eigenvalue weighted by molar-refractivity contribution is 7.92. The number of ether oxygens (including phenoxy) is 1. The SMILES string of the molecule is COc1ccc(N(Cc2cccs2)S(=O)(=O)c2ccc(-c3coc(C)n3)cc2)cc1. The summed E-state index contributed by atoms with van der Waals surface area (Å²) in [4.78, 5) is 5.44. The highest BCUT2D eigenvalue weighted by Crippen LogP contribution is 2.30. The fourth-order valence-electron chi connectivity index (χ4n) is 3.03. The zero-order valence-corrected chi connectivity index (χ0v) is 18.1. The van der Waals surface area contributed by atoms with Crippen LogP contribution in [0.1, 0.15) is 10.8 Å². The number of nitrogens with zero attached hydrogens (tertiary/aromatic N) is 2. The van der Waals surface area contributed by atoms with Gasteiger partial charge in [-0.2, -0.15) is 0 Å². The second-order valence-corrected chi connectivity index (χ2v) is 9.46. The summed E-state index contributed by atoms with van der Waals surface area (Å²) < 4.78 is 38.9. The number of oxazole rings is 1. The summed E-state index contributed by atoms with van der Waals surface area (Å²) in [5.41, 5.74) is 2.03. The monoisotopic (exact) mass is 440 g/mol. The Morgan fingerprint density at radius 3 is 2.37 bits per heavy atom. The number of rotatable bonds is 7. The molecule has 0 saturated carbocycles.